The van der Waals surface area contributed by atoms with Crippen LogP contribution in [0.25, 0.3) is 0 Å². The summed E-state index contributed by atoms with van der Waals surface area (Å²) < 4.78 is 40.5. The number of carbonyl (C=O) groups is 1. The van der Waals surface area contributed by atoms with E-state index in [4.69, 9.17) is 4.74 Å². The van der Waals surface area contributed by atoms with Gasteiger partial charge in [0.25, 0.3) is 0 Å². The monoisotopic (exact) mass is 276 g/mol. The zero-order valence-corrected chi connectivity index (χ0v) is 10.4. The lowest BCUT2D eigenvalue weighted by Gasteiger charge is -2.09. The van der Waals surface area contributed by atoms with Gasteiger partial charge < -0.3 is 15.4 Å². The molecule has 4 nitrogen and oxygen atoms in total. The topological polar surface area (TPSA) is 50.4 Å². The first-order valence-electron chi connectivity index (χ1n) is 5.62. The van der Waals surface area contributed by atoms with Crippen LogP contribution in [0.2, 0.25) is 0 Å². The van der Waals surface area contributed by atoms with Gasteiger partial charge in [0.15, 0.2) is 0 Å². The number of rotatable bonds is 6. The van der Waals surface area contributed by atoms with Gasteiger partial charge in [-0.15, -0.1) is 0 Å². The van der Waals surface area contributed by atoms with E-state index in [1.54, 1.807) is 24.3 Å². The van der Waals surface area contributed by atoms with Gasteiger partial charge in [0.2, 0.25) is 5.91 Å². The summed E-state index contributed by atoms with van der Waals surface area (Å²) in [5, 5.41) is 4.98. The minimum absolute atomic E-state index is 0.173. The number of hydrogen-bond acceptors (Lipinski definition) is 3. The highest BCUT2D eigenvalue weighted by Crippen LogP contribution is 2.18. The van der Waals surface area contributed by atoms with Crippen molar-refractivity contribution in [2.24, 2.45) is 0 Å². The van der Waals surface area contributed by atoms with Gasteiger partial charge in [-0.2, -0.15) is 13.2 Å². The van der Waals surface area contributed by atoms with Crippen LogP contribution in [0.1, 0.15) is 6.42 Å². The molecular weight excluding hydrogens is 261 g/mol. The van der Waals surface area contributed by atoms with Crippen molar-refractivity contribution < 1.29 is 22.7 Å². The molecule has 0 fully saturated rings. The first kappa shape index (κ1) is 15.3. The number of anilines is 1. The normalized spacial score (nSPS) is 11.2. The maximum atomic E-state index is 11.9. The van der Waals surface area contributed by atoms with Crippen molar-refractivity contribution in [3.8, 4) is 5.75 Å². The summed E-state index contributed by atoms with van der Waals surface area (Å²) in [4.78, 5) is 11.4. The number of hydrogen-bond donors (Lipinski definition) is 2. The SMILES string of the molecule is COc1cccc(NC(=O)CNCCC(F)(F)F)c1. The molecular formula is C12H15F3N2O2. The summed E-state index contributed by atoms with van der Waals surface area (Å²) in [6, 6.07) is 6.70. The molecule has 1 aromatic carbocycles. The summed E-state index contributed by atoms with van der Waals surface area (Å²) in [6.07, 6.45) is -5.17. The van der Waals surface area contributed by atoms with Crippen LogP contribution in [-0.2, 0) is 4.79 Å². The predicted octanol–water partition coefficient (Wildman–Crippen LogP) is 2.18. The molecule has 7 heteroatoms. The van der Waals surface area contributed by atoms with Crippen LogP contribution < -0.4 is 15.4 Å². The zero-order valence-electron chi connectivity index (χ0n) is 10.4. The second-order valence-electron chi connectivity index (χ2n) is 3.82. The van der Waals surface area contributed by atoms with Crippen molar-refractivity contribution in [2.75, 3.05) is 25.5 Å². The van der Waals surface area contributed by atoms with Crippen LogP contribution >= 0.6 is 0 Å². The molecule has 0 unspecified atom stereocenters. The number of alkyl halides is 3. The average Bonchev–Trinajstić information content (AvgIpc) is 2.34. The molecule has 2 N–H and O–H groups in total. The lowest BCUT2D eigenvalue weighted by molar-refractivity contribution is -0.134. The highest BCUT2D eigenvalue weighted by molar-refractivity contribution is 5.92. The smallest absolute Gasteiger partial charge is 0.390 e. The maximum Gasteiger partial charge on any atom is 0.390 e. The van der Waals surface area contributed by atoms with E-state index in [0.29, 0.717) is 11.4 Å². The third kappa shape index (κ3) is 6.66. The van der Waals surface area contributed by atoms with Crippen molar-refractivity contribution in [1.82, 2.24) is 5.32 Å². The first-order valence-corrected chi connectivity index (χ1v) is 5.62. The van der Waals surface area contributed by atoms with Gasteiger partial charge in [-0.05, 0) is 12.1 Å². The van der Waals surface area contributed by atoms with Gasteiger partial charge >= 0.3 is 6.18 Å². The van der Waals surface area contributed by atoms with E-state index in [2.05, 4.69) is 10.6 Å². The molecule has 0 heterocycles. The number of benzene rings is 1. The van der Waals surface area contributed by atoms with E-state index in [9.17, 15) is 18.0 Å². The Balaban J connectivity index is 2.31. The van der Waals surface area contributed by atoms with Gasteiger partial charge in [0.05, 0.1) is 20.1 Å². The number of halogens is 3. The van der Waals surface area contributed by atoms with Gasteiger partial charge in [0.1, 0.15) is 5.75 Å². The average molecular weight is 276 g/mol. The molecule has 0 saturated heterocycles. The second kappa shape index (κ2) is 6.98. The molecule has 1 aromatic rings. The van der Waals surface area contributed by atoms with E-state index in [1.807, 2.05) is 0 Å². The molecule has 0 aliphatic carbocycles. The number of methoxy groups -OCH3 is 1. The summed E-state index contributed by atoms with van der Waals surface area (Å²) in [5.74, 6) is 0.179. The largest absolute Gasteiger partial charge is 0.497 e. The second-order valence-corrected chi connectivity index (χ2v) is 3.82. The number of ether oxygens (including phenoxy) is 1. The van der Waals surface area contributed by atoms with Crippen LogP contribution in [0.15, 0.2) is 24.3 Å². The summed E-state index contributed by atoms with van der Waals surface area (Å²) in [7, 11) is 1.50. The molecule has 0 spiro atoms. The Morgan fingerprint density at radius 1 is 1.37 bits per heavy atom. The van der Waals surface area contributed by atoms with Crippen molar-refractivity contribution in [1.29, 1.82) is 0 Å². The highest BCUT2D eigenvalue weighted by Gasteiger charge is 2.25. The lowest BCUT2D eigenvalue weighted by Crippen LogP contribution is -2.30. The van der Waals surface area contributed by atoms with Crippen molar-refractivity contribution in [3.05, 3.63) is 24.3 Å². The fourth-order valence-corrected chi connectivity index (χ4v) is 1.34. The molecule has 0 bridgehead atoms. The van der Waals surface area contributed by atoms with Crippen LogP contribution in [0.4, 0.5) is 18.9 Å². The van der Waals surface area contributed by atoms with Crippen LogP contribution in [-0.4, -0.2) is 32.3 Å². The predicted molar refractivity (Wildman–Crippen MR) is 65.2 cm³/mol. The van der Waals surface area contributed by atoms with Crippen LogP contribution in [0.5, 0.6) is 5.75 Å². The van der Waals surface area contributed by atoms with Gasteiger partial charge in [-0.3, -0.25) is 4.79 Å². The maximum absolute atomic E-state index is 11.9. The van der Waals surface area contributed by atoms with Gasteiger partial charge in [-0.1, -0.05) is 6.07 Å². The van der Waals surface area contributed by atoms with Gasteiger partial charge in [0, 0.05) is 18.3 Å². The molecule has 0 aromatic heterocycles. The molecule has 106 valence electrons. The van der Waals surface area contributed by atoms with Gasteiger partial charge in [-0.25, -0.2) is 0 Å². The van der Waals surface area contributed by atoms with Crippen molar-refractivity contribution in [2.45, 2.75) is 12.6 Å². The Labute approximate surface area is 108 Å². The van der Waals surface area contributed by atoms with Crippen molar-refractivity contribution in [3.63, 3.8) is 0 Å². The van der Waals surface area contributed by atoms with E-state index in [0.717, 1.165) is 0 Å². The minimum Gasteiger partial charge on any atom is -0.497 e. The quantitative estimate of drug-likeness (QED) is 0.783. The van der Waals surface area contributed by atoms with E-state index in [1.165, 1.54) is 7.11 Å². The third-order valence-electron chi connectivity index (χ3n) is 2.22. The zero-order chi connectivity index (χ0) is 14.3. The van der Waals surface area contributed by atoms with E-state index in [-0.39, 0.29) is 13.1 Å². The van der Waals surface area contributed by atoms with Crippen LogP contribution in [0, 0.1) is 0 Å². The Morgan fingerprint density at radius 3 is 2.74 bits per heavy atom. The first-order chi connectivity index (χ1) is 8.90. The Kier molecular flexibility index (Phi) is 5.62. The van der Waals surface area contributed by atoms with Crippen molar-refractivity contribution >= 4 is 11.6 Å². The molecule has 19 heavy (non-hydrogen) atoms. The van der Waals surface area contributed by atoms with E-state index >= 15 is 0 Å². The highest BCUT2D eigenvalue weighted by atomic mass is 19.4. The Bertz CT molecular complexity index is 422. The fourth-order valence-electron chi connectivity index (χ4n) is 1.34. The molecule has 0 aliphatic rings. The third-order valence-corrected chi connectivity index (χ3v) is 2.22. The summed E-state index contributed by atoms with van der Waals surface area (Å²) >= 11 is 0. The molecule has 1 rings (SSSR count). The Morgan fingerprint density at radius 2 is 2.11 bits per heavy atom. The minimum atomic E-state index is -4.21. The molecule has 0 atom stereocenters. The van der Waals surface area contributed by atoms with E-state index < -0.39 is 18.5 Å². The molecule has 0 saturated carbocycles. The summed E-state index contributed by atoms with van der Waals surface area (Å²) in [6.45, 7) is -0.456. The number of carbonyl (C=O) groups excluding carboxylic acids is 1. The fraction of sp³-hybridized carbons (Fsp3) is 0.417. The summed E-state index contributed by atoms with van der Waals surface area (Å²) in [5.41, 5.74) is 0.530. The molecule has 1 amide bonds. The lowest BCUT2D eigenvalue weighted by atomic mass is 10.3. The standard InChI is InChI=1S/C12H15F3N2O2/c1-19-10-4-2-3-9(7-10)17-11(18)8-16-6-5-12(13,14)15/h2-4,7,16H,5-6,8H2,1H3,(H,17,18). The molecule has 0 radical (unpaired) electrons. The van der Waals surface area contributed by atoms with Crippen LogP contribution in [0.3, 0.4) is 0 Å². The number of nitrogens with one attached hydrogen (secondary N) is 2. The Hall–Kier alpha value is -1.76. The molecule has 0 aliphatic heterocycles. The number of amides is 1.